The first-order valence-electron chi connectivity index (χ1n) is 8.54. The van der Waals surface area contributed by atoms with Crippen LogP contribution in [0.25, 0.3) is 0 Å². The number of nitrogens with zero attached hydrogens (tertiary/aromatic N) is 2. The largest absolute Gasteiger partial charge is 0.300 e. The zero-order valence-electron chi connectivity index (χ0n) is 12.8. The maximum atomic E-state index is 2.71. The van der Waals surface area contributed by atoms with E-state index in [1.165, 1.54) is 51.1 Å². The summed E-state index contributed by atoms with van der Waals surface area (Å²) >= 11 is 0. The summed E-state index contributed by atoms with van der Waals surface area (Å²) < 4.78 is 0. The molecule has 112 valence electrons. The lowest BCUT2D eigenvalue weighted by atomic mass is 9.93. The second-order valence-electron chi connectivity index (χ2n) is 7.10. The molecule has 3 aliphatic rings. The molecule has 0 aromatic heterocycles. The van der Waals surface area contributed by atoms with Crippen molar-refractivity contribution < 1.29 is 0 Å². The number of fused-ring (bicyclic) bond motifs is 2. The van der Waals surface area contributed by atoms with Gasteiger partial charge in [-0.15, -0.1) is 0 Å². The van der Waals surface area contributed by atoms with Crippen LogP contribution in [0, 0.1) is 17.8 Å². The van der Waals surface area contributed by atoms with E-state index >= 15 is 0 Å². The minimum absolute atomic E-state index is 0.900. The molecule has 0 amide bonds. The fraction of sp³-hybridized carbons (Fsp3) is 0.579. The van der Waals surface area contributed by atoms with Gasteiger partial charge in [0.2, 0.25) is 0 Å². The number of rotatable bonds is 4. The van der Waals surface area contributed by atoms with Crippen LogP contribution in [0.4, 0.5) is 0 Å². The number of hydrogen-bond donors (Lipinski definition) is 0. The lowest BCUT2D eigenvalue weighted by Gasteiger charge is -2.37. The van der Waals surface area contributed by atoms with Crippen LogP contribution in [0.1, 0.15) is 18.4 Å². The lowest BCUT2D eigenvalue weighted by molar-refractivity contribution is 0.108. The summed E-state index contributed by atoms with van der Waals surface area (Å²) in [5.41, 5.74) is 1.45. The van der Waals surface area contributed by atoms with Crippen molar-refractivity contribution in [2.24, 2.45) is 17.8 Å². The molecule has 2 heteroatoms. The third kappa shape index (κ3) is 3.07. The summed E-state index contributed by atoms with van der Waals surface area (Å²) in [5.74, 6) is 2.76. The molecule has 0 N–H and O–H groups in total. The van der Waals surface area contributed by atoms with Gasteiger partial charge in [0, 0.05) is 39.3 Å². The van der Waals surface area contributed by atoms with Crippen molar-refractivity contribution in [1.82, 2.24) is 9.80 Å². The zero-order valence-corrected chi connectivity index (χ0v) is 12.8. The van der Waals surface area contributed by atoms with Crippen molar-refractivity contribution in [3.8, 4) is 0 Å². The SMILES string of the molecule is C1=C[C@H]2C[C@H]1C[C@H]2CN1CCN(Cc2ccccc2)CC1. The highest BCUT2D eigenvalue weighted by atomic mass is 15.3. The maximum Gasteiger partial charge on any atom is 0.0234 e. The predicted octanol–water partition coefficient (Wildman–Crippen LogP) is 3.02. The maximum absolute atomic E-state index is 2.71. The lowest BCUT2D eigenvalue weighted by Crippen LogP contribution is -2.47. The average molecular weight is 282 g/mol. The van der Waals surface area contributed by atoms with E-state index in [4.69, 9.17) is 0 Å². The van der Waals surface area contributed by atoms with E-state index in [1.54, 1.807) is 0 Å². The molecule has 1 saturated heterocycles. The highest BCUT2D eigenvalue weighted by Crippen LogP contribution is 2.43. The quantitative estimate of drug-likeness (QED) is 0.783. The Morgan fingerprint density at radius 1 is 0.857 bits per heavy atom. The minimum Gasteiger partial charge on any atom is -0.300 e. The van der Waals surface area contributed by atoms with Crippen LogP contribution in [0.5, 0.6) is 0 Å². The number of allylic oxidation sites excluding steroid dienone is 2. The van der Waals surface area contributed by atoms with E-state index in [-0.39, 0.29) is 0 Å². The van der Waals surface area contributed by atoms with Gasteiger partial charge in [0.05, 0.1) is 0 Å². The normalized spacial score (nSPS) is 32.9. The Hall–Kier alpha value is -1.12. The second-order valence-corrected chi connectivity index (χ2v) is 7.10. The monoisotopic (exact) mass is 282 g/mol. The first-order chi connectivity index (χ1) is 10.4. The second kappa shape index (κ2) is 5.94. The van der Waals surface area contributed by atoms with Crippen molar-refractivity contribution in [3.63, 3.8) is 0 Å². The molecule has 4 rings (SSSR count). The smallest absolute Gasteiger partial charge is 0.0234 e. The van der Waals surface area contributed by atoms with Crippen molar-refractivity contribution in [3.05, 3.63) is 48.0 Å². The van der Waals surface area contributed by atoms with Crippen LogP contribution in [0.2, 0.25) is 0 Å². The Bertz CT molecular complexity index is 488. The van der Waals surface area contributed by atoms with E-state index in [9.17, 15) is 0 Å². The Labute approximate surface area is 128 Å². The number of hydrogen-bond acceptors (Lipinski definition) is 2. The first kappa shape index (κ1) is 13.5. The van der Waals surface area contributed by atoms with E-state index in [1.807, 2.05) is 0 Å². The molecule has 2 aliphatic carbocycles. The van der Waals surface area contributed by atoms with Crippen molar-refractivity contribution in [2.45, 2.75) is 19.4 Å². The Morgan fingerprint density at radius 3 is 2.29 bits per heavy atom. The van der Waals surface area contributed by atoms with Crippen molar-refractivity contribution in [2.75, 3.05) is 32.7 Å². The van der Waals surface area contributed by atoms with Crippen LogP contribution in [0.3, 0.4) is 0 Å². The molecule has 2 nitrogen and oxygen atoms in total. The van der Waals surface area contributed by atoms with Gasteiger partial charge in [-0.3, -0.25) is 4.90 Å². The van der Waals surface area contributed by atoms with Gasteiger partial charge in [0.15, 0.2) is 0 Å². The summed E-state index contributed by atoms with van der Waals surface area (Å²) in [6.45, 7) is 7.42. The van der Waals surface area contributed by atoms with Gasteiger partial charge in [0.1, 0.15) is 0 Å². The molecular weight excluding hydrogens is 256 g/mol. The Balaban J connectivity index is 1.24. The van der Waals surface area contributed by atoms with Crippen molar-refractivity contribution >= 4 is 0 Å². The van der Waals surface area contributed by atoms with Gasteiger partial charge < -0.3 is 4.90 Å². The standard InChI is InChI=1S/C19H26N2/c1-2-4-16(5-3-1)14-20-8-10-21(11-9-20)15-19-13-17-6-7-18(19)12-17/h1-7,17-19H,8-15H2/t17-,18-,19-/m0/s1. The van der Waals surface area contributed by atoms with Gasteiger partial charge in [0.25, 0.3) is 0 Å². The summed E-state index contributed by atoms with van der Waals surface area (Å²) in [5, 5.41) is 0. The van der Waals surface area contributed by atoms with E-state index in [0.29, 0.717) is 0 Å². The Kier molecular flexibility index (Phi) is 3.83. The third-order valence-electron chi connectivity index (χ3n) is 5.62. The fourth-order valence-electron chi connectivity index (χ4n) is 4.41. The van der Waals surface area contributed by atoms with Crippen LogP contribution >= 0.6 is 0 Å². The fourth-order valence-corrected chi connectivity index (χ4v) is 4.41. The molecule has 1 saturated carbocycles. The van der Waals surface area contributed by atoms with Gasteiger partial charge >= 0.3 is 0 Å². The summed E-state index contributed by atoms with van der Waals surface area (Å²) in [4.78, 5) is 5.31. The van der Waals surface area contributed by atoms with Crippen LogP contribution < -0.4 is 0 Å². The van der Waals surface area contributed by atoms with Gasteiger partial charge in [-0.2, -0.15) is 0 Å². The molecule has 0 unspecified atom stereocenters. The molecule has 1 aliphatic heterocycles. The van der Waals surface area contributed by atoms with Crippen molar-refractivity contribution in [1.29, 1.82) is 0 Å². The molecule has 0 spiro atoms. The van der Waals surface area contributed by atoms with Crippen LogP contribution in [-0.4, -0.2) is 42.5 Å². The molecule has 0 radical (unpaired) electrons. The van der Waals surface area contributed by atoms with Crippen LogP contribution in [0.15, 0.2) is 42.5 Å². The van der Waals surface area contributed by atoms with E-state index in [2.05, 4.69) is 52.3 Å². The van der Waals surface area contributed by atoms with E-state index in [0.717, 1.165) is 24.3 Å². The summed E-state index contributed by atoms with van der Waals surface area (Å²) in [7, 11) is 0. The van der Waals surface area contributed by atoms with E-state index < -0.39 is 0 Å². The molecule has 21 heavy (non-hydrogen) atoms. The molecule has 3 atom stereocenters. The number of benzene rings is 1. The highest BCUT2D eigenvalue weighted by Gasteiger charge is 2.36. The Morgan fingerprint density at radius 2 is 1.62 bits per heavy atom. The summed E-state index contributed by atoms with van der Waals surface area (Å²) in [6, 6.07) is 10.9. The zero-order chi connectivity index (χ0) is 14.1. The number of piperazine rings is 1. The molecule has 1 aromatic rings. The first-order valence-corrected chi connectivity index (χ1v) is 8.54. The topological polar surface area (TPSA) is 6.48 Å². The minimum atomic E-state index is 0.900. The van der Waals surface area contributed by atoms with Gasteiger partial charge in [-0.1, -0.05) is 42.5 Å². The molecule has 2 fully saturated rings. The third-order valence-corrected chi connectivity index (χ3v) is 5.62. The highest BCUT2D eigenvalue weighted by molar-refractivity contribution is 5.14. The summed E-state index contributed by atoms with van der Waals surface area (Å²) in [6.07, 6.45) is 7.84. The predicted molar refractivity (Wildman–Crippen MR) is 87.0 cm³/mol. The molecule has 1 heterocycles. The van der Waals surface area contributed by atoms with Gasteiger partial charge in [-0.05, 0) is 36.2 Å². The average Bonchev–Trinajstić information content (AvgIpc) is 3.13. The van der Waals surface area contributed by atoms with Gasteiger partial charge in [-0.25, -0.2) is 0 Å². The molecular formula is C19H26N2. The molecule has 2 bridgehead atoms. The molecule has 1 aromatic carbocycles. The van der Waals surface area contributed by atoms with Crippen LogP contribution in [-0.2, 0) is 6.54 Å².